The summed E-state index contributed by atoms with van der Waals surface area (Å²) in [5.74, 6) is -2.39. The minimum Gasteiger partial charge on any atom is -0.395 e. The molecule has 1 N–H and O–H groups in total. The predicted octanol–water partition coefficient (Wildman–Crippen LogP) is 3.45. The van der Waals surface area contributed by atoms with Gasteiger partial charge in [-0.25, -0.2) is 4.90 Å². The van der Waals surface area contributed by atoms with Gasteiger partial charge in [0.2, 0.25) is 11.8 Å². The van der Waals surface area contributed by atoms with Crippen molar-refractivity contribution in [2.45, 2.75) is 18.3 Å². The molecule has 7 heteroatoms. The quantitative estimate of drug-likeness (QED) is 0.382. The molecule has 1 fully saturated rings. The molecule has 4 aliphatic rings. The molecule has 3 aromatic rings. The Labute approximate surface area is 189 Å². The van der Waals surface area contributed by atoms with Crippen LogP contribution in [0.1, 0.15) is 33.7 Å². The molecule has 7 rings (SSSR count). The summed E-state index contributed by atoms with van der Waals surface area (Å²) in [6.45, 7) is 1.35. The number of nitrogens with zero attached hydrogens (tertiary/aromatic N) is 2. The molecule has 0 spiro atoms. The molecule has 1 aliphatic heterocycles. The minimum absolute atomic E-state index is 0.0977. The molecule has 3 aliphatic carbocycles. The Morgan fingerprint density at radius 1 is 0.970 bits per heavy atom. The summed E-state index contributed by atoms with van der Waals surface area (Å²) in [6.07, 6.45) is 0. The van der Waals surface area contributed by atoms with Crippen LogP contribution in [0.25, 0.3) is 0 Å². The van der Waals surface area contributed by atoms with Crippen LogP contribution >= 0.6 is 0 Å². The van der Waals surface area contributed by atoms with Crippen molar-refractivity contribution in [3.8, 4) is 0 Å². The normalized spacial score (nSPS) is 26.7. The van der Waals surface area contributed by atoms with E-state index in [-0.39, 0.29) is 30.0 Å². The molecule has 3 aromatic carbocycles. The smallest absolute Gasteiger partial charge is 0.269 e. The van der Waals surface area contributed by atoms with Gasteiger partial charge in [-0.1, -0.05) is 48.5 Å². The number of benzene rings is 3. The van der Waals surface area contributed by atoms with Crippen LogP contribution in [0.15, 0.2) is 66.7 Å². The number of hydrogen-bond donors (Lipinski definition) is 1. The van der Waals surface area contributed by atoms with Gasteiger partial charge < -0.3 is 5.11 Å². The summed E-state index contributed by atoms with van der Waals surface area (Å²) in [7, 11) is 0. The van der Waals surface area contributed by atoms with Gasteiger partial charge in [-0.2, -0.15) is 0 Å². The number of anilines is 1. The molecule has 2 bridgehead atoms. The fraction of sp³-hybridized carbons (Fsp3) is 0.231. The molecule has 1 saturated heterocycles. The van der Waals surface area contributed by atoms with Gasteiger partial charge in [0.05, 0.1) is 34.5 Å². The van der Waals surface area contributed by atoms with Crippen LogP contribution in [0.3, 0.4) is 0 Å². The lowest BCUT2D eigenvalue weighted by molar-refractivity contribution is -0.384. The van der Waals surface area contributed by atoms with Gasteiger partial charge in [0.25, 0.3) is 5.69 Å². The lowest BCUT2D eigenvalue weighted by atomic mass is 9.47. The molecule has 7 nitrogen and oxygen atoms in total. The number of imide groups is 1. The van der Waals surface area contributed by atoms with Crippen molar-refractivity contribution >= 4 is 23.2 Å². The SMILES string of the molecule is Cc1cc([N+](=O)[O-])ccc1N1C(=O)[C@@H]2C3c4ccccc4C(CO)(c4ccccc43)[C@@H]2C1=O. The Morgan fingerprint density at radius 3 is 2.12 bits per heavy atom. The Balaban J connectivity index is 1.59. The van der Waals surface area contributed by atoms with Crippen molar-refractivity contribution in [1.29, 1.82) is 0 Å². The Bertz CT molecular complexity index is 1330. The van der Waals surface area contributed by atoms with Crippen LogP contribution in [0.2, 0.25) is 0 Å². The second kappa shape index (κ2) is 6.59. The zero-order valence-electron chi connectivity index (χ0n) is 17.8. The second-order valence-corrected chi connectivity index (χ2v) is 9.02. The van der Waals surface area contributed by atoms with Gasteiger partial charge >= 0.3 is 0 Å². The molecule has 164 valence electrons. The first kappa shape index (κ1) is 19.8. The third kappa shape index (κ3) is 2.27. The van der Waals surface area contributed by atoms with E-state index in [1.807, 2.05) is 48.5 Å². The summed E-state index contributed by atoms with van der Waals surface area (Å²) in [4.78, 5) is 39.7. The van der Waals surface area contributed by atoms with E-state index >= 15 is 0 Å². The van der Waals surface area contributed by atoms with Crippen molar-refractivity contribution in [2.75, 3.05) is 11.5 Å². The van der Waals surface area contributed by atoms with Gasteiger partial charge in [-0.15, -0.1) is 0 Å². The van der Waals surface area contributed by atoms with Gasteiger partial charge in [0.1, 0.15) is 0 Å². The molecule has 0 unspecified atom stereocenters. The lowest BCUT2D eigenvalue weighted by Gasteiger charge is -2.53. The highest BCUT2D eigenvalue weighted by molar-refractivity contribution is 6.24. The number of aryl methyl sites for hydroxylation is 1. The minimum atomic E-state index is -1.03. The number of nitro benzene ring substituents is 1. The van der Waals surface area contributed by atoms with Crippen LogP contribution in [0.4, 0.5) is 11.4 Å². The van der Waals surface area contributed by atoms with E-state index in [1.165, 1.54) is 23.1 Å². The van der Waals surface area contributed by atoms with Crippen molar-refractivity contribution in [2.24, 2.45) is 11.8 Å². The number of carbonyl (C=O) groups excluding carboxylic acids is 2. The summed E-state index contributed by atoms with van der Waals surface area (Å²) in [5.41, 5.74) is 3.42. The van der Waals surface area contributed by atoms with Crippen LogP contribution in [-0.4, -0.2) is 28.5 Å². The van der Waals surface area contributed by atoms with Gasteiger partial charge in [0, 0.05) is 18.1 Å². The largest absolute Gasteiger partial charge is 0.395 e. The maximum Gasteiger partial charge on any atom is 0.269 e. The standard InChI is InChI=1S/C26H20N2O5/c1-14-12-15(28(32)33)10-11-20(14)27-24(30)22-21-16-6-2-4-8-18(16)26(13-29,23(22)25(27)31)19-9-5-3-7-17(19)21/h2-12,21-23,29H,13H2,1H3/t21?,22-,23+,26?/m1/s1. The van der Waals surface area contributed by atoms with E-state index in [2.05, 4.69) is 0 Å². The number of hydrogen-bond acceptors (Lipinski definition) is 5. The fourth-order valence-corrected chi connectivity index (χ4v) is 6.44. The van der Waals surface area contributed by atoms with Crippen molar-refractivity contribution in [3.63, 3.8) is 0 Å². The predicted molar refractivity (Wildman–Crippen MR) is 120 cm³/mol. The first-order chi connectivity index (χ1) is 15.9. The maximum atomic E-state index is 14.0. The molecule has 33 heavy (non-hydrogen) atoms. The maximum absolute atomic E-state index is 14.0. The third-order valence-corrected chi connectivity index (χ3v) is 7.68. The van der Waals surface area contributed by atoms with E-state index in [0.717, 1.165) is 22.3 Å². The highest BCUT2D eigenvalue weighted by atomic mass is 16.6. The van der Waals surface area contributed by atoms with Gasteiger partial charge in [-0.05, 0) is 40.8 Å². The molecule has 0 radical (unpaired) electrons. The molecule has 0 aromatic heterocycles. The summed E-state index contributed by atoms with van der Waals surface area (Å²) in [5, 5.41) is 22.0. The van der Waals surface area contributed by atoms with Crippen molar-refractivity contribution in [3.05, 3.63) is 105 Å². The average molecular weight is 440 g/mol. The van der Waals surface area contributed by atoms with E-state index in [4.69, 9.17) is 0 Å². The van der Waals surface area contributed by atoms with Crippen molar-refractivity contribution in [1.82, 2.24) is 0 Å². The van der Waals surface area contributed by atoms with Crippen LogP contribution < -0.4 is 4.90 Å². The topological polar surface area (TPSA) is 101 Å². The summed E-state index contributed by atoms with van der Waals surface area (Å²) in [6, 6.07) is 19.6. The number of aliphatic hydroxyl groups is 1. The van der Waals surface area contributed by atoms with Crippen molar-refractivity contribution < 1.29 is 19.6 Å². The monoisotopic (exact) mass is 440 g/mol. The van der Waals surface area contributed by atoms with Gasteiger partial charge in [-0.3, -0.25) is 19.7 Å². The number of amides is 2. The van der Waals surface area contributed by atoms with E-state index in [0.29, 0.717) is 11.3 Å². The number of nitro groups is 1. The zero-order chi connectivity index (χ0) is 23.1. The Kier molecular flexibility index (Phi) is 3.95. The van der Waals surface area contributed by atoms with E-state index in [1.54, 1.807) is 6.92 Å². The molecular formula is C26H20N2O5. The highest BCUT2D eigenvalue weighted by Gasteiger charge is 2.68. The Morgan fingerprint density at radius 2 is 1.58 bits per heavy atom. The molecule has 2 atom stereocenters. The first-order valence-corrected chi connectivity index (χ1v) is 10.8. The molecule has 1 heterocycles. The highest BCUT2D eigenvalue weighted by Crippen LogP contribution is 2.64. The first-order valence-electron chi connectivity index (χ1n) is 10.8. The number of aliphatic hydroxyl groups excluding tert-OH is 1. The fourth-order valence-electron chi connectivity index (χ4n) is 6.44. The molecule has 2 amide bonds. The molecule has 0 saturated carbocycles. The second-order valence-electron chi connectivity index (χ2n) is 9.02. The lowest BCUT2D eigenvalue weighted by Crippen LogP contribution is -2.55. The number of carbonyl (C=O) groups is 2. The van der Waals surface area contributed by atoms with Crippen LogP contribution in [0.5, 0.6) is 0 Å². The molecular weight excluding hydrogens is 420 g/mol. The Hall–Kier alpha value is -3.84. The van der Waals surface area contributed by atoms with E-state index < -0.39 is 22.2 Å². The van der Waals surface area contributed by atoms with Crippen LogP contribution in [0, 0.1) is 28.9 Å². The zero-order valence-corrected chi connectivity index (χ0v) is 17.8. The summed E-state index contributed by atoms with van der Waals surface area (Å²) < 4.78 is 0. The third-order valence-electron chi connectivity index (χ3n) is 7.68. The number of non-ortho nitro benzene ring substituents is 1. The van der Waals surface area contributed by atoms with Gasteiger partial charge in [0.15, 0.2) is 0 Å². The average Bonchev–Trinajstić information content (AvgIpc) is 3.10. The summed E-state index contributed by atoms with van der Waals surface area (Å²) >= 11 is 0. The van der Waals surface area contributed by atoms with Crippen LogP contribution in [-0.2, 0) is 15.0 Å². The van der Waals surface area contributed by atoms with E-state index in [9.17, 15) is 24.8 Å². The number of rotatable bonds is 3.